The Bertz CT molecular complexity index is 424. The van der Waals surface area contributed by atoms with Gasteiger partial charge in [0.2, 0.25) is 0 Å². The van der Waals surface area contributed by atoms with Crippen LogP contribution in [-0.2, 0) is 19.3 Å². The number of benzene rings is 1. The maximum absolute atomic E-state index is 4.18. The Morgan fingerprint density at radius 2 is 1.93 bits per heavy atom. The fraction of sp³-hybridized carbons (Fsp3) is 0.429. The van der Waals surface area contributed by atoms with E-state index in [0.29, 0.717) is 0 Å². The summed E-state index contributed by atoms with van der Waals surface area (Å²) in [6.07, 6.45) is 6.35. The summed E-state index contributed by atoms with van der Waals surface area (Å²) >= 11 is 0. The predicted octanol–water partition coefficient (Wildman–Crippen LogP) is 3.44. The van der Waals surface area contributed by atoms with Crippen molar-refractivity contribution in [1.29, 1.82) is 0 Å². The Hall–Kier alpha value is -1.04. The number of aryl methyl sites for hydroxylation is 2. The third kappa shape index (κ3) is 0.943. The molecule has 0 fully saturated rings. The zero-order chi connectivity index (χ0) is 9.71. The van der Waals surface area contributed by atoms with E-state index in [9.17, 15) is 0 Å². The van der Waals surface area contributed by atoms with Crippen LogP contribution in [0.1, 0.15) is 40.7 Å². The van der Waals surface area contributed by atoms with Gasteiger partial charge in [-0.1, -0.05) is 12.6 Å². The summed E-state index contributed by atoms with van der Waals surface area (Å²) in [5.74, 6) is 0. The van der Waals surface area contributed by atoms with E-state index >= 15 is 0 Å². The summed E-state index contributed by atoms with van der Waals surface area (Å²) in [7, 11) is 0. The molecule has 0 spiro atoms. The summed E-state index contributed by atoms with van der Waals surface area (Å²) in [6, 6.07) is 2.45. The average Bonchev–Trinajstić information content (AvgIpc) is 2.74. The van der Waals surface area contributed by atoms with Crippen molar-refractivity contribution in [3.8, 4) is 0 Å². The molecule has 0 radical (unpaired) electrons. The van der Waals surface area contributed by atoms with Gasteiger partial charge in [0.05, 0.1) is 0 Å². The Kier molecular flexibility index (Phi) is 1.61. The Balaban J connectivity index is 2.30. The van der Waals surface area contributed by atoms with E-state index in [2.05, 4.69) is 19.6 Å². The number of fused-ring (bicyclic) bond motifs is 2. The van der Waals surface area contributed by atoms with E-state index in [0.717, 1.165) is 0 Å². The second kappa shape index (κ2) is 2.73. The summed E-state index contributed by atoms with van der Waals surface area (Å²) in [4.78, 5) is 0. The van der Waals surface area contributed by atoms with Crippen LogP contribution in [0.4, 0.5) is 0 Å². The van der Waals surface area contributed by atoms with Gasteiger partial charge in [0.15, 0.2) is 0 Å². The third-order valence-corrected chi connectivity index (χ3v) is 3.81. The second-order valence-corrected chi connectivity index (χ2v) is 4.63. The van der Waals surface area contributed by atoms with Gasteiger partial charge in [-0.25, -0.2) is 0 Å². The fourth-order valence-electron chi connectivity index (χ4n) is 3.13. The van der Waals surface area contributed by atoms with Gasteiger partial charge in [0, 0.05) is 0 Å². The van der Waals surface area contributed by atoms with Gasteiger partial charge >= 0.3 is 0 Å². The molecule has 0 heterocycles. The normalized spacial score (nSPS) is 18.5. The van der Waals surface area contributed by atoms with E-state index in [1.807, 2.05) is 0 Å². The van der Waals surface area contributed by atoms with Gasteiger partial charge in [-0.15, -0.1) is 0 Å². The molecule has 0 saturated carbocycles. The molecule has 3 rings (SSSR count). The Labute approximate surface area is 85.6 Å². The van der Waals surface area contributed by atoms with Crippen molar-refractivity contribution in [1.82, 2.24) is 0 Å². The molecule has 2 aliphatic rings. The topological polar surface area (TPSA) is 0 Å². The highest BCUT2D eigenvalue weighted by molar-refractivity contribution is 5.75. The maximum Gasteiger partial charge on any atom is -0.0166 e. The summed E-state index contributed by atoms with van der Waals surface area (Å²) in [5.41, 5.74) is 9.23. The first-order valence-electron chi connectivity index (χ1n) is 5.60. The lowest BCUT2D eigenvalue weighted by Crippen LogP contribution is -1.95. The van der Waals surface area contributed by atoms with Gasteiger partial charge in [-0.05, 0) is 72.4 Å². The van der Waals surface area contributed by atoms with Crippen LogP contribution in [0.15, 0.2) is 12.6 Å². The number of rotatable bonds is 0. The van der Waals surface area contributed by atoms with E-state index in [4.69, 9.17) is 0 Å². The highest BCUT2D eigenvalue weighted by Crippen LogP contribution is 2.39. The first kappa shape index (κ1) is 8.28. The summed E-state index contributed by atoms with van der Waals surface area (Å²) in [5, 5.41) is 0. The van der Waals surface area contributed by atoms with Gasteiger partial charge in [0.25, 0.3) is 0 Å². The monoisotopic (exact) mass is 184 g/mol. The molecule has 1 aromatic rings. The molecule has 0 atom stereocenters. The van der Waals surface area contributed by atoms with Gasteiger partial charge in [-0.3, -0.25) is 0 Å². The lowest BCUT2D eigenvalue weighted by atomic mass is 9.94. The van der Waals surface area contributed by atoms with Crippen LogP contribution < -0.4 is 0 Å². The predicted molar refractivity (Wildman–Crippen MR) is 60.6 cm³/mol. The van der Waals surface area contributed by atoms with E-state index in [1.165, 1.54) is 48.8 Å². The van der Waals surface area contributed by atoms with Gasteiger partial charge in [0.1, 0.15) is 0 Å². The first-order valence-corrected chi connectivity index (χ1v) is 5.60. The largest absolute Gasteiger partial charge is 0.0952 e. The maximum atomic E-state index is 4.18. The van der Waals surface area contributed by atoms with Crippen molar-refractivity contribution in [2.24, 2.45) is 0 Å². The van der Waals surface area contributed by atoms with Crippen molar-refractivity contribution in [3.05, 3.63) is 40.5 Å². The molecule has 0 amide bonds. The van der Waals surface area contributed by atoms with Crippen molar-refractivity contribution in [3.63, 3.8) is 0 Å². The molecule has 0 nitrogen and oxygen atoms in total. The molecule has 0 bridgehead atoms. The van der Waals surface area contributed by atoms with Crippen LogP contribution in [0.3, 0.4) is 0 Å². The highest BCUT2D eigenvalue weighted by Gasteiger charge is 2.23. The average molecular weight is 184 g/mol. The zero-order valence-electron chi connectivity index (χ0n) is 8.82. The van der Waals surface area contributed by atoms with Crippen LogP contribution in [0.25, 0.3) is 5.57 Å². The van der Waals surface area contributed by atoms with Crippen molar-refractivity contribution in [2.75, 3.05) is 0 Å². The zero-order valence-corrected chi connectivity index (χ0v) is 8.82. The van der Waals surface area contributed by atoms with Crippen molar-refractivity contribution in [2.45, 2.75) is 39.0 Å². The van der Waals surface area contributed by atoms with E-state index < -0.39 is 0 Å². The van der Waals surface area contributed by atoms with Crippen molar-refractivity contribution < 1.29 is 0 Å². The van der Waals surface area contributed by atoms with Crippen molar-refractivity contribution >= 4 is 5.57 Å². The molecule has 14 heavy (non-hydrogen) atoms. The lowest BCUT2D eigenvalue weighted by Gasteiger charge is -2.11. The van der Waals surface area contributed by atoms with Crippen LogP contribution in [0, 0.1) is 6.92 Å². The second-order valence-electron chi connectivity index (χ2n) is 4.63. The highest BCUT2D eigenvalue weighted by atomic mass is 14.3. The van der Waals surface area contributed by atoms with Crippen LogP contribution in [-0.4, -0.2) is 0 Å². The molecule has 1 aromatic carbocycles. The molecule has 0 unspecified atom stereocenters. The lowest BCUT2D eigenvalue weighted by molar-refractivity contribution is 0.908. The van der Waals surface area contributed by atoms with E-state index in [-0.39, 0.29) is 0 Å². The number of hydrogen-bond donors (Lipinski definition) is 0. The third-order valence-electron chi connectivity index (χ3n) is 3.81. The van der Waals surface area contributed by atoms with Crippen LogP contribution >= 0.6 is 0 Å². The molecule has 0 N–H and O–H groups in total. The minimum atomic E-state index is 1.18. The molecule has 0 heteroatoms. The summed E-state index contributed by atoms with van der Waals surface area (Å²) < 4.78 is 0. The molecular formula is C14H16. The van der Waals surface area contributed by atoms with Crippen LogP contribution in [0.2, 0.25) is 0 Å². The van der Waals surface area contributed by atoms with Gasteiger partial charge in [-0.2, -0.15) is 0 Å². The smallest absolute Gasteiger partial charge is 0.0166 e. The number of allylic oxidation sites excluding steroid dienone is 1. The molecule has 0 aliphatic heterocycles. The fourth-order valence-corrected chi connectivity index (χ4v) is 3.13. The van der Waals surface area contributed by atoms with Crippen LogP contribution in [0.5, 0.6) is 0 Å². The molecular weight excluding hydrogens is 168 g/mol. The Morgan fingerprint density at radius 3 is 2.79 bits per heavy atom. The first-order chi connectivity index (χ1) is 6.77. The van der Waals surface area contributed by atoms with Gasteiger partial charge < -0.3 is 0 Å². The SMILES string of the molecule is C=C1CCc2cc3c(c(C)c21)CCC3. The quantitative estimate of drug-likeness (QED) is 0.579. The minimum Gasteiger partial charge on any atom is -0.0952 e. The summed E-state index contributed by atoms with van der Waals surface area (Å²) in [6.45, 7) is 6.47. The number of hydrogen-bond acceptors (Lipinski definition) is 0. The standard InChI is InChI=1S/C14H16/c1-9-6-7-12-8-11-4-3-5-13(11)10(2)14(9)12/h8H,1,3-7H2,2H3. The minimum absolute atomic E-state index is 1.18. The Morgan fingerprint density at radius 1 is 1.07 bits per heavy atom. The molecule has 2 aliphatic carbocycles. The van der Waals surface area contributed by atoms with E-state index in [1.54, 1.807) is 16.7 Å². The molecule has 72 valence electrons. The molecule has 0 saturated heterocycles. The molecule has 0 aromatic heterocycles.